The average Bonchev–Trinajstić information content (AvgIpc) is 2.84. The molecule has 0 aromatic heterocycles. The van der Waals surface area contributed by atoms with Gasteiger partial charge in [-0.3, -0.25) is 0 Å². The Morgan fingerprint density at radius 1 is 0.806 bits per heavy atom. The van der Waals surface area contributed by atoms with E-state index < -0.39 is 0 Å². The first-order valence-electron chi connectivity index (χ1n) is 12.3. The molecule has 0 aliphatic carbocycles. The zero-order chi connectivity index (χ0) is 27.3. The van der Waals surface area contributed by atoms with Gasteiger partial charge in [0.1, 0.15) is 0 Å². The molecule has 1 heteroatoms. The molecule has 0 unspecified atom stereocenters. The number of aryl methyl sites for hydroxylation is 1. The predicted octanol–water partition coefficient (Wildman–Crippen LogP) is 10.3. The molecule has 0 amide bonds. The summed E-state index contributed by atoms with van der Waals surface area (Å²) in [6, 6.07) is 14.7. The van der Waals surface area contributed by atoms with Crippen LogP contribution in [0.4, 0.5) is 5.69 Å². The van der Waals surface area contributed by atoms with Crippen LogP contribution in [0, 0.1) is 6.92 Å². The second kappa shape index (κ2) is 15.2. The third-order valence-corrected chi connectivity index (χ3v) is 5.84. The summed E-state index contributed by atoms with van der Waals surface area (Å²) in [7, 11) is 0. The average molecular weight is 478 g/mol. The number of allylic oxidation sites excluding steroid dienone is 13. The van der Waals surface area contributed by atoms with Gasteiger partial charge >= 0.3 is 0 Å². The van der Waals surface area contributed by atoms with Gasteiger partial charge in [-0.1, -0.05) is 110 Å². The van der Waals surface area contributed by atoms with Gasteiger partial charge in [-0.05, 0) is 99.1 Å². The van der Waals surface area contributed by atoms with Crippen molar-refractivity contribution in [3.8, 4) is 0 Å². The summed E-state index contributed by atoms with van der Waals surface area (Å²) >= 11 is 0. The molecule has 36 heavy (non-hydrogen) atoms. The molecule has 0 atom stereocenters. The van der Waals surface area contributed by atoms with E-state index in [0.717, 1.165) is 39.1 Å². The van der Waals surface area contributed by atoms with Crippen molar-refractivity contribution < 1.29 is 0 Å². The Morgan fingerprint density at radius 2 is 1.36 bits per heavy atom. The highest BCUT2D eigenvalue weighted by molar-refractivity contribution is 5.82. The molecule has 2 N–H and O–H groups in total. The van der Waals surface area contributed by atoms with E-state index in [2.05, 4.69) is 88.2 Å². The van der Waals surface area contributed by atoms with E-state index in [1.54, 1.807) is 6.08 Å². The molecular formula is C35H43N. The van der Waals surface area contributed by atoms with Gasteiger partial charge in [-0.25, -0.2) is 0 Å². The lowest BCUT2D eigenvalue weighted by molar-refractivity contribution is 1.40. The van der Waals surface area contributed by atoms with E-state index in [4.69, 9.17) is 5.73 Å². The molecule has 188 valence electrons. The van der Waals surface area contributed by atoms with Crippen molar-refractivity contribution in [2.45, 2.75) is 48.5 Å². The third-order valence-electron chi connectivity index (χ3n) is 5.84. The van der Waals surface area contributed by atoms with E-state index in [0.29, 0.717) is 0 Å². The summed E-state index contributed by atoms with van der Waals surface area (Å²) in [6.07, 6.45) is 14.1. The zero-order valence-corrected chi connectivity index (χ0v) is 23.3. The molecule has 0 bridgehead atoms. The first-order chi connectivity index (χ1) is 17.0. The SMILES string of the molecule is C=C(/C=C(\C)c1ccc(C(=C)C)cc1)/C(C)=C(\C=C/C)c1ccc(C)c(N)c1.C=C/C=C(C)\C=C/C. The third kappa shape index (κ3) is 9.43. The van der Waals surface area contributed by atoms with Crippen LogP contribution in [0.2, 0.25) is 0 Å². The smallest absolute Gasteiger partial charge is 0.0349 e. The van der Waals surface area contributed by atoms with Gasteiger partial charge in [0, 0.05) is 5.69 Å². The lowest BCUT2D eigenvalue weighted by Gasteiger charge is -2.13. The van der Waals surface area contributed by atoms with Crippen molar-refractivity contribution in [2.75, 3.05) is 5.73 Å². The summed E-state index contributed by atoms with van der Waals surface area (Å²) in [5, 5.41) is 0. The van der Waals surface area contributed by atoms with Gasteiger partial charge < -0.3 is 5.73 Å². The number of nitrogens with two attached hydrogens (primary N) is 1. The van der Waals surface area contributed by atoms with Crippen molar-refractivity contribution in [3.05, 3.63) is 144 Å². The molecule has 0 fully saturated rings. The summed E-state index contributed by atoms with van der Waals surface area (Å²) in [5.41, 5.74) is 18.3. The predicted molar refractivity (Wildman–Crippen MR) is 166 cm³/mol. The number of hydrogen-bond donors (Lipinski definition) is 1. The van der Waals surface area contributed by atoms with Crippen LogP contribution in [-0.4, -0.2) is 0 Å². The largest absolute Gasteiger partial charge is 0.398 e. The van der Waals surface area contributed by atoms with E-state index in [1.807, 2.05) is 58.9 Å². The molecule has 2 rings (SSSR count). The molecule has 0 spiro atoms. The molecule has 0 saturated heterocycles. The number of hydrogen-bond acceptors (Lipinski definition) is 1. The molecule has 1 nitrogen and oxygen atoms in total. The van der Waals surface area contributed by atoms with Crippen LogP contribution in [-0.2, 0) is 0 Å². The fraction of sp³-hybridized carbons (Fsp3) is 0.200. The minimum absolute atomic E-state index is 0.808. The van der Waals surface area contributed by atoms with Gasteiger partial charge in [-0.15, -0.1) is 0 Å². The normalized spacial score (nSPS) is 12.8. The minimum Gasteiger partial charge on any atom is -0.398 e. The van der Waals surface area contributed by atoms with E-state index in [9.17, 15) is 0 Å². The molecule has 0 saturated carbocycles. The Labute approximate surface area is 220 Å². The highest BCUT2D eigenvalue weighted by Gasteiger charge is 2.08. The van der Waals surface area contributed by atoms with Crippen molar-refractivity contribution in [1.82, 2.24) is 0 Å². The Morgan fingerprint density at radius 3 is 1.86 bits per heavy atom. The lowest BCUT2D eigenvalue weighted by atomic mass is 9.93. The van der Waals surface area contributed by atoms with Gasteiger partial charge in [0.25, 0.3) is 0 Å². The quantitative estimate of drug-likeness (QED) is 0.297. The number of nitrogen functional groups attached to an aromatic ring is 1. The highest BCUT2D eigenvalue weighted by atomic mass is 14.6. The van der Waals surface area contributed by atoms with Crippen molar-refractivity contribution in [1.29, 1.82) is 0 Å². The molecule has 0 heterocycles. The van der Waals surface area contributed by atoms with Crippen LogP contribution in [0.25, 0.3) is 16.7 Å². The van der Waals surface area contributed by atoms with E-state index in [-0.39, 0.29) is 0 Å². The summed E-state index contributed by atoms with van der Waals surface area (Å²) in [5.74, 6) is 0. The Kier molecular flexibility index (Phi) is 12.8. The van der Waals surface area contributed by atoms with Crippen LogP contribution in [0.3, 0.4) is 0 Å². The van der Waals surface area contributed by atoms with Crippen molar-refractivity contribution in [3.63, 3.8) is 0 Å². The summed E-state index contributed by atoms with van der Waals surface area (Å²) in [6.45, 7) is 26.2. The fourth-order valence-corrected chi connectivity index (χ4v) is 3.56. The van der Waals surface area contributed by atoms with Gasteiger partial charge in [0.2, 0.25) is 0 Å². The highest BCUT2D eigenvalue weighted by Crippen LogP contribution is 2.29. The van der Waals surface area contributed by atoms with E-state index in [1.165, 1.54) is 22.3 Å². The van der Waals surface area contributed by atoms with Crippen LogP contribution in [0.1, 0.15) is 63.8 Å². The molecule has 2 aromatic carbocycles. The summed E-state index contributed by atoms with van der Waals surface area (Å²) in [4.78, 5) is 0. The van der Waals surface area contributed by atoms with Gasteiger partial charge in [0.05, 0.1) is 0 Å². The molecule has 0 radical (unpaired) electrons. The Hall–Kier alpha value is -3.84. The maximum absolute atomic E-state index is 6.13. The second-order valence-corrected chi connectivity index (χ2v) is 8.97. The lowest BCUT2D eigenvalue weighted by Crippen LogP contribution is -1.94. The van der Waals surface area contributed by atoms with Crippen LogP contribution in [0.5, 0.6) is 0 Å². The van der Waals surface area contributed by atoms with Crippen LogP contribution in [0.15, 0.2) is 121 Å². The first-order valence-corrected chi connectivity index (χ1v) is 12.3. The Bertz CT molecular complexity index is 1220. The number of rotatable bonds is 8. The van der Waals surface area contributed by atoms with Crippen molar-refractivity contribution >= 4 is 22.4 Å². The van der Waals surface area contributed by atoms with Crippen LogP contribution < -0.4 is 5.73 Å². The van der Waals surface area contributed by atoms with Gasteiger partial charge in [-0.2, -0.15) is 0 Å². The minimum atomic E-state index is 0.808. The fourth-order valence-electron chi connectivity index (χ4n) is 3.56. The molecular weight excluding hydrogens is 434 g/mol. The summed E-state index contributed by atoms with van der Waals surface area (Å²) < 4.78 is 0. The van der Waals surface area contributed by atoms with Crippen molar-refractivity contribution in [2.24, 2.45) is 0 Å². The van der Waals surface area contributed by atoms with E-state index >= 15 is 0 Å². The number of anilines is 1. The maximum atomic E-state index is 6.13. The van der Waals surface area contributed by atoms with Crippen LogP contribution >= 0.6 is 0 Å². The topological polar surface area (TPSA) is 26.0 Å². The molecule has 0 aliphatic heterocycles. The Balaban J connectivity index is 0.000000697. The maximum Gasteiger partial charge on any atom is 0.0349 e. The molecule has 2 aromatic rings. The second-order valence-electron chi connectivity index (χ2n) is 8.97. The van der Waals surface area contributed by atoms with Gasteiger partial charge in [0.15, 0.2) is 0 Å². The standard InChI is InChI=1S/C27H31N.C8H12/c1-8-9-26(25-11-10-19(4)27(28)17-25)22(7)20(5)16-21(6)24-14-12-23(13-15-24)18(2)3;1-4-6-8(3)7-5-2/h8-17H,2,5,28H2,1,3-4,6-7H3;4-7H,1H2,2-3H3/b9-8-,21-16+,26-22+;7-5-,8-6-. The first kappa shape index (κ1) is 30.2. The number of benzene rings is 2. The monoisotopic (exact) mass is 477 g/mol. The molecule has 0 aliphatic rings. The zero-order valence-electron chi connectivity index (χ0n) is 23.3.